The van der Waals surface area contributed by atoms with Crippen LogP contribution in [0.4, 0.5) is 0 Å². The molecule has 3 aromatic rings. The SMILES string of the molecule is CCn1c(CN2CCC(C(=O)N3CCN(C(=O)c4ccc(Cl)c(Cl)c4)CC3)CC2)nc2ccccc21. The Bertz CT molecular complexity index is 1260. The smallest absolute Gasteiger partial charge is 0.254 e. The van der Waals surface area contributed by atoms with Crippen molar-refractivity contribution in [1.29, 1.82) is 0 Å². The lowest BCUT2D eigenvalue weighted by atomic mass is 9.95. The van der Waals surface area contributed by atoms with Gasteiger partial charge >= 0.3 is 0 Å². The number of aryl methyl sites for hydroxylation is 1. The first-order chi connectivity index (χ1) is 17.4. The average Bonchev–Trinajstić information content (AvgIpc) is 3.27. The second kappa shape index (κ2) is 10.8. The van der Waals surface area contributed by atoms with Crippen LogP contribution in [0.25, 0.3) is 11.0 Å². The Labute approximate surface area is 221 Å². The second-order valence-electron chi connectivity index (χ2n) is 9.56. The topological polar surface area (TPSA) is 61.7 Å². The van der Waals surface area contributed by atoms with Crippen molar-refractivity contribution in [3.05, 3.63) is 63.9 Å². The van der Waals surface area contributed by atoms with Gasteiger partial charge in [-0.1, -0.05) is 35.3 Å². The van der Waals surface area contributed by atoms with Gasteiger partial charge in [-0.2, -0.15) is 0 Å². The number of imidazole rings is 1. The largest absolute Gasteiger partial charge is 0.339 e. The molecule has 1 aromatic heterocycles. The van der Waals surface area contributed by atoms with Crippen molar-refractivity contribution in [2.75, 3.05) is 39.3 Å². The molecule has 0 radical (unpaired) electrons. The first-order valence-corrected chi connectivity index (χ1v) is 13.4. The lowest BCUT2D eigenvalue weighted by Gasteiger charge is -2.38. The number of carbonyl (C=O) groups excluding carboxylic acids is 2. The van der Waals surface area contributed by atoms with Gasteiger partial charge in [0.15, 0.2) is 0 Å². The van der Waals surface area contributed by atoms with Crippen molar-refractivity contribution in [3.8, 4) is 0 Å². The van der Waals surface area contributed by atoms with E-state index < -0.39 is 0 Å². The Morgan fingerprint density at radius 2 is 1.61 bits per heavy atom. The molecule has 0 saturated carbocycles. The molecule has 36 heavy (non-hydrogen) atoms. The predicted molar refractivity (Wildman–Crippen MR) is 142 cm³/mol. The van der Waals surface area contributed by atoms with Crippen molar-refractivity contribution in [2.24, 2.45) is 5.92 Å². The van der Waals surface area contributed by atoms with Crippen LogP contribution >= 0.6 is 23.2 Å². The fourth-order valence-corrected chi connectivity index (χ4v) is 5.63. The van der Waals surface area contributed by atoms with Crippen molar-refractivity contribution in [2.45, 2.75) is 32.9 Å². The number of hydrogen-bond donors (Lipinski definition) is 0. The molecule has 2 aromatic carbocycles. The van der Waals surface area contributed by atoms with E-state index in [0.29, 0.717) is 41.8 Å². The molecule has 5 rings (SSSR count). The summed E-state index contributed by atoms with van der Waals surface area (Å²) in [6.07, 6.45) is 1.71. The molecule has 2 saturated heterocycles. The molecule has 0 bridgehead atoms. The van der Waals surface area contributed by atoms with Crippen LogP contribution in [0.3, 0.4) is 0 Å². The van der Waals surface area contributed by atoms with E-state index in [0.717, 1.165) is 50.4 Å². The minimum atomic E-state index is -0.0768. The number of piperazine rings is 1. The van der Waals surface area contributed by atoms with Crippen molar-refractivity contribution in [1.82, 2.24) is 24.3 Å². The van der Waals surface area contributed by atoms with E-state index in [1.54, 1.807) is 23.1 Å². The lowest BCUT2D eigenvalue weighted by Crippen LogP contribution is -2.53. The molecule has 3 heterocycles. The van der Waals surface area contributed by atoms with Crippen LogP contribution in [0.1, 0.15) is 35.9 Å². The summed E-state index contributed by atoms with van der Waals surface area (Å²) in [6.45, 7) is 7.80. The van der Waals surface area contributed by atoms with Crippen LogP contribution in [0.15, 0.2) is 42.5 Å². The van der Waals surface area contributed by atoms with Crippen molar-refractivity contribution < 1.29 is 9.59 Å². The Morgan fingerprint density at radius 3 is 2.31 bits per heavy atom. The van der Waals surface area contributed by atoms with E-state index in [1.165, 1.54) is 5.52 Å². The zero-order valence-corrected chi connectivity index (χ0v) is 22.0. The molecule has 2 amide bonds. The van der Waals surface area contributed by atoms with Gasteiger partial charge in [-0.05, 0) is 63.2 Å². The predicted octanol–water partition coefficient (Wildman–Crippen LogP) is 4.56. The number of likely N-dealkylation sites (tertiary alicyclic amines) is 1. The summed E-state index contributed by atoms with van der Waals surface area (Å²) in [7, 11) is 0. The van der Waals surface area contributed by atoms with Gasteiger partial charge in [0.25, 0.3) is 5.91 Å². The molecule has 0 unspecified atom stereocenters. The number of aromatic nitrogens is 2. The number of amides is 2. The van der Waals surface area contributed by atoms with Gasteiger partial charge in [-0.15, -0.1) is 0 Å². The quantitative estimate of drug-likeness (QED) is 0.487. The van der Waals surface area contributed by atoms with E-state index in [-0.39, 0.29) is 17.7 Å². The van der Waals surface area contributed by atoms with Gasteiger partial charge < -0.3 is 14.4 Å². The second-order valence-corrected chi connectivity index (χ2v) is 10.4. The molecule has 0 spiro atoms. The van der Waals surface area contributed by atoms with Gasteiger partial charge in [-0.25, -0.2) is 4.98 Å². The molecule has 7 nitrogen and oxygen atoms in total. The summed E-state index contributed by atoms with van der Waals surface area (Å²) in [4.78, 5) is 37.0. The van der Waals surface area contributed by atoms with Crippen molar-refractivity contribution >= 4 is 46.0 Å². The van der Waals surface area contributed by atoms with E-state index in [9.17, 15) is 9.59 Å². The van der Waals surface area contributed by atoms with Crippen LogP contribution < -0.4 is 0 Å². The number of nitrogens with zero attached hydrogens (tertiary/aromatic N) is 5. The molecule has 9 heteroatoms. The first kappa shape index (κ1) is 25.1. The number of benzene rings is 2. The fourth-order valence-electron chi connectivity index (χ4n) is 5.34. The maximum absolute atomic E-state index is 13.2. The Morgan fingerprint density at radius 1 is 0.917 bits per heavy atom. The Balaban J connectivity index is 1.12. The summed E-state index contributed by atoms with van der Waals surface area (Å²) in [6, 6.07) is 13.2. The minimum Gasteiger partial charge on any atom is -0.339 e. The van der Waals surface area contributed by atoms with E-state index >= 15 is 0 Å². The molecule has 2 fully saturated rings. The maximum atomic E-state index is 13.2. The van der Waals surface area contributed by atoms with Crippen LogP contribution in [-0.4, -0.2) is 75.3 Å². The minimum absolute atomic E-state index is 0.0450. The number of rotatable bonds is 5. The third-order valence-electron chi connectivity index (χ3n) is 7.40. The highest BCUT2D eigenvalue weighted by atomic mass is 35.5. The normalized spacial score (nSPS) is 17.6. The number of carbonyl (C=O) groups is 2. The van der Waals surface area contributed by atoms with Crippen LogP contribution in [0.2, 0.25) is 10.0 Å². The third kappa shape index (κ3) is 5.10. The fraction of sp³-hybridized carbons (Fsp3) is 0.444. The number of piperidine rings is 1. The Hall–Kier alpha value is -2.61. The monoisotopic (exact) mass is 527 g/mol. The summed E-state index contributed by atoms with van der Waals surface area (Å²) >= 11 is 12.0. The zero-order valence-electron chi connectivity index (χ0n) is 20.5. The van der Waals surface area contributed by atoms with Gasteiger partial charge in [0.2, 0.25) is 5.91 Å². The molecular weight excluding hydrogens is 497 g/mol. The summed E-state index contributed by atoms with van der Waals surface area (Å²) in [5, 5.41) is 0.799. The first-order valence-electron chi connectivity index (χ1n) is 12.6. The molecule has 0 aliphatic carbocycles. The van der Waals surface area contributed by atoms with E-state index in [4.69, 9.17) is 28.2 Å². The zero-order chi connectivity index (χ0) is 25.2. The van der Waals surface area contributed by atoms with Gasteiger partial charge in [0.1, 0.15) is 5.82 Å². The van der Waals surface area contributed by atoms with Crippen LogP contribution in [-0.2, 0) is 17.9 Å². The standard InChI is InChI=1S/C27H31Cl2N5O2/c1-2-34-24-6-4-3-5-23(24)30-25(34)18-31-11-9-19(10-12-31)26(35)32-13-15-33(16-14-32)27(36)20-7-8-21(28)22(29)17-20/h3-8,17,19H,2,9-16,18H2,1H3. The van der Waals surface area contributed by atoms with Gasteiger partial charge in [-0.3, -0.25) is 14.5 Å². The summed E-state index contributed by atoms with van der Waals surface area (Å²) in [5.74, 6) is 1.28. The van der Waals surface area contributed by atoms with Gasteiger partial charge in [0, 0.05) is 44.2 Å². The third-order valence-corrected chi connectivity index (χ3v) is 8.14. The van der Waals surface area contributed by atoms with Crippen LogP contribution in [0, 0.1) is 5.92 Å². The summed E-state index contributed by atoms with van der Waals surface area (Å²) < 4.78 is 2.28. The Kier molecular flexibility index (Phi) is 7.51. The lowest BCUT2D eigenvalue weighted by molar-refractivity contribution is -0.138. The van der Waals surface area contributed by atoms with E-state index in [2.05, 4.69) is 34.6 Å². The highest BCUT2D eigenvalue weighted by Crippen LogP contribution is 2.25. The molecule has 190 valence electrons. The maximum Gasteiger partial charge on any atom is 0.254 e. The number of fused-ring (bicyclic) bond motifs is 1. The molecule has 2 aliphatic heterocycles. The van der Waals surface area contributed by atoms with Gasteiger partial charge in [0.05, 0.1) is 27.6 Å². The number of hydrogen-bond acceptors (Lipinski definition) is 4. The molecular formula is C27H31Cl2N5O2. The number of para-hydroxylation sites is 2. The molecule has 2 aliphatic rings. The highest BCUT2D eigenvalue weighted by molar-refractivity contribution is 6.42. The van der Waals surface area contributed by atoms with E-state index in [1.807, 2.05) is 11.0 Å². The summed E-state index contributed by atoms with van der Waals surface area (Å²) in [5.41, 5.74) is 2.74. The molecule has 0 N–H and O–H groups in total. The molecule has 0 atom stereocenters. The highest BCUT2D eigenvalue weighted by Gasteiger charge is 2.32. The van der Waals surface area contributed by atoms with Crippen LogP contribution in [0.5, 0.6) is 0 Å². The average molecular weight is 528 g/mol. The number of halogens is 2. The van der Waals surface area contributed by atoms with Crippen molar-refractivity contribution in [3.63, 3.8) is 0 Å².